The Labute approximate surface area is 77.6 Å². The van der Waals surface area contributed by atoms with E-state index in [9.17, 15) is 4.39 Å². The summed E-state index contributed by atoms with van der Waals surface area (Å²) in [5.41, 5.74) is 0.402. The van der Waals surface area contributed by atoms with E-state index in [1.165, 1.54) is 12.2 Å². The molecule has 0 bridgehead atoms. The maximum atomic E-state index is 13.5. The van der Waals surface area contributed by atoms with Crippen LogP contribution in [0.1, 0.15) is 36.8 Å². The molecule has 0 aliphatic heterocycles. The first kappa shape index (κ1) is 9.78. The van der Waals surface area contributed by atoms with E-state index < -0.39 is 0 Å². The lowest BCUT2D eigenvalue weighted by molar-refractivity contribution is 0.447. The van der Waals surface area contributed by atoms with Crippen molar-refractivity contribution in [2.45, 2.75) is 19.8 Å². The van der Waals surface area contributed by atoms with Gasteiger partial charge < -0.3 is 4.42 Å². The molecule has 1 heterocycles. The van der Waals surface area contributed by atoms with Crippen LogP contribution >= 0.6 is 0 Å². The maximum absolute atomic E-state index is 13.5. The van der Waals surface area contributed by atoms with Crippen molar-refractivity contribution in [2.75, 3.05) is 0 Å². The molecule has 1 aromatic rings. The minimum Gasteiger partial charge on any atom is -0.458 e. The predicted octanol–water partition coefficient (Wildman–Crippen LogP) is 3.83. The second-order valence-corrected chi connectivity index (χ2v) is 3.12. The molecule has 0 unspecified atom stereocenters. The van der Waals surface area contributed by atoms with Crippen molar-refractivity contribution in [1.29, 1.82) is 0 Å². The van der Waals surface area contributed by atoms with Crippen LogP contribution in [0.25, 0.3) is 12.2 Å². The number of hydrogen-bond acceptors (Lipinski definition) is 1. The van der Waals surface area contributed by atoms with Crippen molar-refractivity contribution < 1.29 is 8.81 Å². The third-order valence-electron chi connectivity index (χ3n) is 1.85. The highest BCUT2D eigenvalue weighted by Crippen LogP contribution is 2.28. The van der Waals surface area contributed by atoms with Crippen LogP contribution in [0, 0.1) is 5.82 Å². The van der Waals surface area contributed by atoms with Gasteiger partial charge in [-0.2, -0.15) is 0 Å². The summed E-state index contributed by atoms with van der Waals surface area (Å²) in [6.45, 7) is 10.8. The first-order valence-corrected chi connectivity index (χ1v) is 4.18. The Kier molecular flexibility index (Phi) is 2.71. The van der Waals surface area contributed by atoms with Gasteiger partial charge in [0.05, 0.1) is 5.56 Å². The van der Waals surface area contributed by atoms with Crippen LogP contribution in [0.5, 0.6) is 0 Å². The molecule has 0 spiro atoms. The summed E-state index contributed by atoms with van der Waals surface area (Å²) >= 11 is 0. The second-order valence-electron chi connectivity index (χ2n) is 3.12. The van der Waals surface area contributed by atoms with Gasteiger partial charge in [-0.3, -0.25) is 0 Å². The topological polar surface area (TPSA) is 13.1 Å². The lowest BCUT2D eigenvalue weighted by Crippen LogP contribution is -1.87. The molecule has 13 heavy (non-hydrogen) atoms. The van der Waals surface area contributed by atoms with Gasteiger partial charge in [0, 0.05) is 5.92 Å². The molecule has 70 valence electrons. The number of hydrogen-bond donors (Lipinski definition) is 0. The van der Waals surface area contributed by atoms with Crippen LogP contribution in [-0.4, -0.2) is 0 Å². The Morgan fingerprint density at radius 1 is 1.31 bits per heavy atom. The quantitative estimate of drug-likeness (QED) is 0.689. The lowest BCUT2D eigenvalue weighted by Gasteiger charge is -1.97. The fourth-order valence-electron chi connectivity index (χ4n) is 1.17. The number of halogens is 1. The normalized spacial score (nSPS) is 10.5. The van der Waals surface area contributed by atoms with Crippen molar-refractivity contribution in [3.63, 3.8) is 0 Å². The van der Waals surface area contributed by atoms with Crippen LogP contribution in [0.15, 0.2) is 17.6 Å². The molecule has 0 aromatic carbocycles. The standard InChI is InChI=1S/C11H13FO/c1-5-8-9(6-2)13-11(7(3)4)10(8)12/h5-7H,1-2H2,3-4H3. The van der Waals surface area contributed by atoms with Crippen LogP contribution in [-0.2, 0) is 0 Å². The molecule has 0 saturated carbocycles. The van der Waals surface area contributed by atoms with E-state index in [0.29, 0.717) is 17.1 Å². The Morgan fingerprint density at radius 3 is 2.23 bits per heavy atom. The Bertz CT molecular complexity index is 334. The van der Waals surface area contributed by atoms with Gasteiger partial charge in [-0.05, 0) is 6.08 Å². The fraction of sp³-hybridized carbons (Fsp3) is 0.273. The smallest absolute Gasteiger partial charge is 0.172 e. The predicted molar refractivity (Wildman–Crippen MR) is 52.9 cm³/mol. The van der Waals surface area contributed by atoms with E-state index in [1.54, 1.807) is 0 Å². The van der Waals surface area contributed by atoms with E-state index >= 15 is 0 Å². The highest BCUT2D eigenvalue weighted by Gasteiger charge is 2.18. The van der Waals surface area contributed by atoms with Crippen molar-refractivity contribution in [3.05, 3.63) is 36.1 Å². The summed E-state index contributed by atoms with van der Waals surface area (Å²) in [6.07, 6.45) is 2.94. The van der Waals surface area contributed by atoms with Crippen molar-refractivity contribution in [1.82, 2.24) is 0 Å². The van der Waals surface area contributed by atoms with Gasteiger partial charge in [0.25, 0.3) is 0 Å². The van der Waals surface area contributed by atoms with Gasteiger partial charge >= 0.3 is 0 Å². The molecule has 1 nitrogen and oxygen atoms in total. The molecule has 0 N–H and O–H groups in total. The summed E-state index contributed by atoms with van der Waals surface area (Å²) in [7, 11) is 0. The third kappa shape index (κ3) is 1.57. The van der Waals surface area contributed by atoms with Gasteiger partial charge in [-0.15, -0.1) is 0 Å². The van der Waals surface area contributed by atoms with E-state index in [-0.39, 0.29) is 11.7 Å². The zero-order valence-electron chi connectivity index (χ0n) is 7.93. The summed E-state index contributed by atoms with van der Waals surface area (Å²) in [5, 5.41) is 0. The molecule has 2 heteroatoms. The maximum Gasteiger partial charge on any atom is 0.172 e. The molecule has 0 fully saturated rings. The largest absolute Gasteiger partial charge is 0.458 e. The van der Waals surface area contributed by atoms with Crippen LogP contribution in [0.3, 0.4) is 0 Å². The van der Waals surface area contributed by atoms with Crippen LogP contribution < -0.4 is 0 Å². The monoisotopic (exact) mass is 180 g/mol. The SMILES string of the molecule is C=Cc1oc(C(C)C)c(F)c1C=C. The summed E-state index contributed by atoms with van der Waals surface area (Å²) in [5.74, 6) is 0.535. The average molecular weight is 180 g/mol. The molecule has 0 atom stereocenters. The van der Waals surface area contributed by atoms with Gasteiger partial charge in [-0.1, -0.05) is 33.1 Å². The highest BCUT2D eigenvalue weighted by molar-refractivity contribution is 5.61. The zero-order chi connectivity index (χ0) is 10.0. The van der Waals surface area contributed by atoms with Crippen molar-refractivity contribution in [2.24, 2.45) is 0 Å². The van der Waals surface area contributed by atoms with Gasteiger partial charge in [-0.25, -0.2) is 4.39 Å². The van der Waals surface area contributed by atoms with Gasteiger partial charge in [0.2, 0.25) is 0 Å². The van der Waals surface area contributed by atoms with E-state index in [2.05, 4.69) is 13.2 Å². The Hall–Kier alpha value is -1.31. The van der Waals surface area contributed by atoms with Crippen molar-refractivity contribution in [3.8, 4) is 0 Å². The van der Waals surface area contributed by atoms with E-state index in [1.807, 2.05) is 13.8 Å². The molecule has 0 radical (unpaired) electrons. The molecule has 0 saturated heterocycles. The summed E-state index contributed by atoms with van der Waals surface area (Å²) in [6, 6.07) is 0. The molecular weight excluding hydrogens is 167 g/mol. The first-order chi connectivity index (χ1) is 6.11. The first-order valence-electron chi connectivity index (χ1n) is 4.18. The van der Waals surface area contributed by atoms with Crippen molar-refractivity contribution >= 4 is 12.2 Å². The lowest BCUT2D eigenvalue weighted by atomic mass is 10.1. The molecule has 0 aliphatic rings. The fourth-order valence-corrected chi connectivity index (χ4v) is 1.17. The van der Waals surface area contributed by atoms with Gasteiger partial charge in [0.1, 0.15) is 11.5 Å². The van der Waals surface area contributed by atoms with Crippen LogP contribution in [0.4, 0.5) is 4.39 Å². The zero-order valence-corrected chi connectivity index (χ0v) is 7.93. The molecule has 1 rings (SSSR count). The van der Waals surface area contributed by atoms with Crippen LogP contribution in [0.2, 0.25) is 0 Å². The number of rotatable bonds is 3. The summed E-state index contributed by atoms with van der Waals surface area (Å²) in [4.78, 5) is 0. The molecular formula is C11H13FO. The molecule has 1 aromatic heterocycles. The Morgan fingerprint density at radius 2 is 1.92 bits per heavy atom. The van der Waals surface area contributed by atoms with E-state index in [4.69, 9.17) is 4.42 Å². The minimum absolute atomic E-state index is 0.0346. The minimum atomic E-state index is -0.320. The molecule has 0 aliphatic carbocycles. The van der Waals surface area contributed by atoms with Gasteiger partial charge in [0.15, 0.2) is 5.82 Å². The van der Waals surface area contributed by atoms with E-state index in [0.717, 1.165) is 0 Å². The average Bonchev–Trinajstić information content (AvgIpc) is 2.41. The Balaban J connectivity index is 3.34. The number of furan rings is 1. The second kappa shape index (κ2) is 3.60. The summed E-state index contributed by atoms with van der Waals surface area (Å²) < 4.78 is 18.8. The highest BCUT2D eigenvalue weighted by atomic mass is 19.1. The molecule has 0 amide bonds. The third-order valence-corrected chi connectivity index (χ3v) is 1.85.